The summed E-state index contributed by atoms with van der Waals surface area (Å²) in [6.07, 6.45) is 2.87. The van der Waals surface area contributed by atoms with E-state index in [4.69, 9.17) is 0 Å². The molecule has 0 amide bonds. The Hall–Kier alpha value is -0.710. The number of nitrogens with zero attached hydrogens (tertiary/aromatic N) is 1. The van der Waals surface area contributed by atoms with E-state index in [1.807, 2.05) is 19.3 Å². The zero-order valence-corrected chi connectivity index (χ0v) is 12.3. The molecule has 0 aliphatic rings. The van der Waals surface area contributed by atoms with Crippen LogP contribution >= 0.6 is 27.3 Å². The maximum atomic E-state index is 4.54. The molecule has 2 aromatic heterocycles. The number of halogens is 1. The third kappa shape index (κ3) is 2.59. The topological polar surface area (TPSA) is 24.9 Å². The van der Waals surface area contributed by atoms with Crippen LogP contribution in [-0.2, 0) is 6.42 Å². The van der Waals surface area contributed by atoms with Gasteiger partial charge in [0.25, 0.3) is 0 Å². The van der Waals surface area contributed by atoms with Crippen molar-refractivity contribution in [3.63, 3.8) is 0 Å². The van der Waals surface area contributed by atoms with Gasteiger partial charge in [-0.2, -0.15) is 0 Å². The van der Waals surface area contributed by atoms with Gasteiger partial charge in [0.1, 0.15) is 0 Å². The van der Waals surface area contributed by atoms with E-state index < -0.39 is 0 Å². The Bertz CT molecular complexity index is 496. The fourth-order valence-electron chi connectivity index (χ4n) is 1.91. The summed E-state index contributed by atoms with van der Waals surface area (Å²) in [5, 5.41) is 5.45. The first kappa shape index (κ1) is 12.7. The monoisotopic (exact) mass is 310 g/mol. The van der Waals surface area contributed by atoms with Crippen LogP contribution in [0.4, 0.5) is 0 Å². The lowest BCUT2D eigenvalue weighted by molar-refractivity contribution is 0.670. The van der Waals surface area contributed by atoms with Gasteiger partial charge in [0.05, 0.1) is 11.7 Å². The van der Waals surface area contributed by atoms with Crippen molar-refractivity contribution >= 4 is 27.3 Å². The molecule has 0 aliphatic heterocycles. The fraction of sp³-hybridized carbons (Fsp3) is 0.308. The summed E-state index contributed by atoms with van der Waals surface area (Å²) in [6, 6.07) is 6.39. The van der Waals surface area contributed by atoms with Crippen molar-refractivity contribution in [3.05, 3.63) is 50.4 Å². The van der Waals surface area contributed by atoms with Gasteiger partial charge in [0.15, 0.2) is 0 Å². The Labute approximate surface area is 114 Å². The fourth-order valence-corrected chi connectivity index (χ4v) is 3.63. The predicted molar refractivity (Wildman–Crippen MR) is 76.5 cm³/mol. The molecule has 0 aromatic carbocycles. The predicted octanol–water partition coefficient (Wildman–Crippen LogP) is 3.78. The number of pyridine rings is 1. The summed E-state index contributed by atoms with van der Waals surface area (Å²) in [4.78, 5) is 5.82. The van der Waals surface area contributed by atoms with Gasteiger partial charge in [-0.3, -0.25) is 4.98 Å². The Morgan fingerprint density at radius 1 is 1.47 bits per heavy atom. The molecule has 0 aliphatic carbocycles. The zero-order chi connectivity index (χ0) is 12.3. The third-order valence-electron chi connectivity index (χ3n) is 2.78. The molecule has 2 rings (SSSR count). The maximum Gasteiger partial charge on any atom is 0.0856 e. The highest BCUT2D eigenvalue weighted by Gasteiger charge is 2.19. The average molecular weight is 311 g/mol. The molecule has 1 unspecified atom stereocenters. The number of nitrogens with one attached hydrogen (secondary N) is 1. The van der Waals surface area contributed by atoms with Gasteiger partial charge in [-0.25, -0.2) is 0 Å². The van der Waals surface area contributed by atoms with Crippen LogP contribution in [0.2, 0.25) is 0 Å². The lowest BCUT2D eigenvalue weighted by Crippen LogP contribution is -2.19. The second kappa shape index (κ2) is 5.76. The van der Waals surface area contributed by atoms with Crippen molar-refractivity contribution in [1.29, 1.82) is 0 Å². The van der Waals surface area contributed by atoms with E-state index in [1.165, 1.54) is 10.4 Å². The molecule has 2 nitrogen and oxygen atoms in total. The lowest BCUT2D eigenvalue weighted by atomic mass is 10.0. The number of rotatable bonds is 4. The highest BCUT2D eigenvalue weighted by molar-refractivity contribution is 9.10. The van der Waals surface area contributed by atoms with Crippen LogP contribution in [0.3, 0.4) is 0 Å². The number of hydrogen-bond donors (Lipinski definition) is 1. The van der Waals surface area contributed by atoms with Crippen molar-refractivity contribution in [3.8, 4) is 0 Å². The number of hydrogen-bond acceptors (Lipinski definition) is 3. The molecule has 0 bridgehead atoms. The summed E-state index contributed by atoms with van der Waals surface area (Å²) in [5.41, 5.74) is 2.42. The van der Waals surface area contributed by atoms with Crippen LogP contribution < -0.4 is 5.32 Å². The van der Waals surface area contributed by atoms with Crippen LogP contribution in [-0.4, -0.2) is 12.0 Å². The Morgan fingerprint density at radius 2 is 2.29 bits per heavy atom. The minimum atomic E-state index is 0.167. The van der Waals surface area contributed by atoms with E-state index in [2.05, 4.69) is 50.7 Å². The molecule has 0 saturated carbocycles. The number of aryl methyl sites for hydroxylation is 1. The summed E-state index contributed by atoms with van der Waals surface area (Å²) in [6.45, 7) is 2.16. The van der Waals surface area contributed by atoms with Crippen molar-refractivity contribution in [2.24, 2.45) is 0 Å². The van der Waals surface area contributed by atoms with Gasteiger partial charge in [0, 0.05) is 15.5 Å². The van der Waals surface area contributed by atoms with Gasteiger partial charge in [0.2, 0.25) is 0 Å². The second-order valence-electron chi connectivity index (χ2n) is 3.76. The van der Waals surface area contributed by atoms with Crippen LogP contribution in [0.1, 0.15) is 29.1 Å². The van der Waals surface area contributed by atoms with Crippen LogP contribution in [0, 0.1) is 0 Å². The van der Waals surface area contributed by atoms with Crippen LogP contribution in [0.15, 0.2) is 34.2 Å². The Balaban J connectivity index is 2.46. The summed E-state index contributed by atoms with van der Waals surface area (Å²) in [5.74, 6) is 0. The second-order valence-corrected chi connectivity index (χ2v) is 5.56. The van der Waals surface area contributed by atoms with Gasteiger partial charge in [-0.1, -0.05) is 13.0 Å². The molecule has 17 heavy (non-hydrogen) atoms. The van der Waals surface area contributed by atoms with E-state index >= 15 is 0 Å². The van der Waals surface area contributed by atoms with Crippen LogP contribution in [0.5, 0.6) is 0 Å². The minimum absolute atomic E-state index is 0.167. The normalized spacial score (nSPS) is 12.6. The van der Waals surface area contributed by atoms with Gasteiger partial charge in [-0.15, -0.1) is 11.3 Å². The van der Waals surface area contributed by atoms with Gasteiger partial charge >= 0.3 is 0 Å². The molecule has 0 radical (unpaired) electrons. The van der Waals surface area contributed by atoms with E-state index in [9.17, 15) is 0 Å². The van der Waals surface area contributed by atoms with E-state index in [-0.39, 0.29) is 6.04 Å². The minimum Gasteiger partial charge on any atom is -0.307 e. The van der Waals surface area contributed by atoms with Crippen molar-refractivity contribution in [2.75, 3.05) is 7.05 Å². The summed E-state index contributed by atoms with van der Waals surface area (Å²) in [7, 11) is 1.98. The summed E-state index contributed by atoms with van der Waals surface area (Å²) < 4.78 is 1.15. The molecule has 4 heteroatoms. The standard InChI is InChI=1S/C13H15BrN2S/c1-3-9-5-4-7-16-11(9)12(15-2)13-10(14)6-8-17-13/h4-8,12,15H,3H2,1-2H3. The van der Waals surface area contributed by atoms with E-state index in [1.54, 1.807) is 11.3 Å². The molecule has 0 spiro atoms. The van der Waals surface area contributed by atoms with Gasteiger partial charge < -0.3 is 5.32 Å². The zero-order valence-electron chi connectivity index (χ0n) is 9.90. The van der Waals surface area contributed by atoms with E-state index in [0.717, 1.165) is 16.6 Å². The van der Waals surface area contributed by atoms with Crippen molar-refractivity contribution in [2.45, 2.75) is 19.4 Å². The molecule has 90 valence electrons. The molecule has 2 aromatic rings. The van der Waals surface area contributed by atoms with Gasteiger partial charge in [-0.05, 0) is 52.5 Å². The van der Waals surface area contributed by atoms with Crippen molar-refractivity contribution in [1.82, 2.24) is 10.3 Å². The average Bonchev–Trinajstić information content (AvgIpc) is 2.78. The van der Waals surface area contributed by atoms with E-state index in [0.29, 0.717) is 0 Å². The molecule has 2 heterocycles. The van der Waals surface area contributed by atoms with Crippen molar-refractivity contribution < 1.29 is 0 Å². The first-order chi connectivity index (χ1) is 8.27. The molecule has 0 saturated heterocycles. The first-order valence-corrected chi connectivity index (χ1v) is 7.29. The lowest BCUT2D eigenvalue weighted by Gasteiger charge is -2.17. The van der Waals surface area contributed by atoms with Crippen LogP contribution in [0.25, 0.3) is 0 Å². The number of thiophene rings is 1. The number of aromatic nitrogens is 1. The Kier molecular flexibility index (Phi) is 4.31. The quantitative estimate of drug-likeness (QED) is 0.929. The molecular weight excluding hydrogens is 296 g/mol. The summed E-state index contributed by atoms with van der Waals surface area (Å²) >= 11 is 5.34. The highest BCUT2D eigenvalue weighted by Crippen LogP contribution is 2.33. The largest absolute Gasteiger partial charge is 0.307 e. The molecule has 0 fully saturated rings. The smallest absolute Gasteiger partial charge is 0.0856 e. The first-order valence-electron chi connectivity index (χ1n) is 5.61. The molecular formula is C13H15BrN2S. The maximum absolute atomic E-state index is 4.54. The highest BCUT2D eigenvalue weighted by atomic mass is 79.9. The SMILES string of the molecule is CCc1cccnc1C(NC)c1sccc1Br. The Morgan fingerprint density at radius 3 is 2.88 bits per heavy atom. The third-order valence-corrected chi connectivity index (χ3v) is 4.71. The molecule has 1 atom stereocenters. The molecule has 1 N–H and O–H groups in total.